The number of benzene rings is 1. The van der Waals surface area contributed by atoms with Crippen LogP contribution in [0.4, 0.5) is 0 Å². The molecule has 0 spiro atoms. The molecule has 1 heterocycles. The van der Waals surface area contributed by atoms with Gasteiger partial charge >= 0.3 is 0 Å². The number of nitrogens with zero attached hydrogens (tertiary/aromatic N) is 2. The number of hydrogen-bond acceptors (Lipinski definition) is 2. The lowest BCUT2D eigenvalue weighted by atomic mass is 10.1. The van der Waals surface area contributed by atoms with Crippen LogP contribution in [0.15, 0.2) is 30.7 Å². The molecule has 0 bridgehead atoms. The van der Waals surface area contributed by atoms with Crippen molar-refractivity contribution in [2.45, 2.75) is 32.9 Å². The Bertz CT molecular complexity index is 570. The standard InChI is InChI=1S/C14H17Cl2N3/c1-14(2,3)18-8-11-7-17-9-19(11)13-6-10(15)4-5-12(13)16/h4-7,9,18H,8H2,1-3H3. The quantitative estimate of drug-likeness (QED) is 0.925. The summed E-state index contributed by atoms with van der Waals surface area (Å²) in [5.41, 5.74) is 1.93. The minimum absolute atomic E-state index is 0.0488. The highest BCUT2D eigenvalue weighted by molar-refractivity contribution is 6.34. The van der Waals surface area contributed by atoms with Crippen LogP contribution in [0.5, 0.6) is 0 Å². The highest BCUT2D eigenvalue weighted by Gasteiger charge is 2.12. The van der Waals surface area contributed by atoms with Gasteiger partial charge in [0.2, 0.25) is 0 Å². The molecule has 0 saturated heterocycles. The molecule has 0 atom stereocenters. The molecule has 1 N–H and O–H groups in total. The van der Waals surface area contributed by atoms with Gasteiger partial charge in [-0.1, -0.05) is 23.2 Å². The van der Waals surface area contributed by atoms with Crippen LogP contribution in [-0.4, -0.2) is 15.1 Å². The summed E-state index contributed by atoms with van der Waals surface area (Å²) in [6.07, 6.45) is 3.58. The van der Waals surface area contributed by atoms with Gasteiger partial charge in [-0.15, -0.1) is 0 Å². The van der Waals surface area contributed by atoms with E-state index >= 15 is 0 Å². The largest absolute Gasteiger partial charge is 0.306 e. The van der Waals surface area contributed by atoms with E-state index in [9.17, 15) is 0 Å². The molecule has 3 nitrogen and oxygen atoms in total. The van der Waals surface area contributed by atoms with E-state index in [-0.39, 0.29) is 5.54 Å². The van der Waals surface area contributed by atoms with Gasteiger partial charge in [-0.3, -0.25) is 0 Å². The molecule has 0 fully saturated rings. The van der Waals surface area contributed by atoms with E-state index in [4.69, 9.17) is 23.2 Å². The highest BCUT2D eigenvalue weighted by Crippen LogP contribution is 2.25. The van der Waals surface area contributed by atoms with Gasteiger partial charge in [0, 0.05) is 23.3 Å². The average molecular weight is 298 g/mol. The van der Waals surface area contributed by atoms with E-state index in [2.05, 4.69) is 31.1 Å². The van der Waals surface area contributed by atoms with E-state index in [1.165, 1.54) is 0 Å². The molecule has 1 aromatic heterocycles. The van der Waals surface area contributed by atoms with Gasteiger partial charge in [0.15, 0.2) is 0 Å². The first-order chi connectivity index (χ1) is 8.87. The van der Waals surface area contributed by atoms with Crippen LogP contribution < -0.4 is 5.32 Å². The third-order valence-electron chi connectivity index (χ3n) is 2.68. The van der Waals surface area contributed by atoms with E-state index in [0.29, 0.717) is 16.6 Å². The second-order valence-corrected chi connectivity index (χ2v) is 6.30. The van der Waals surface area contributed by atoms with Crippen LogP contribution in [0.2, 0.25) is 10.0 Å². The number of halogens is 2. The molecule has 0 radical (unpaired) electrons. The molecule has 2 rings (SSSR count). The summed E-state index contributed by atoms with van der Waals surface area (Å²) in [5, 5.41) is 4.74. The summed E-state index contributed by atoms with van der Waals surface area (Å²) >= 11 is 12.2. The minimum Gasteiger partial charge on any atom is -0.306 e. The summed E-state index contributed by atoms with van der Waals surface area (Å²) in [6, 6.07) is 5.41. The van der Waals surface area contributed by atoms with Crippen molar-refractivity contribution in [3.63, 3.8) is 0 Å². The maximum atomic E-state index is 6.22. The number of aromatic nitrogens is 2. The van der Waals surface area contributed by atoms with Crippen molar-refractivity contribution in [3.05, 3.63) is 46.5 Å². The zero-order chi connectivity index (χ0) is 14.0. The van der Waals surface area contributed by atoms with Gasteiger partial charge in [0.25, 0.3) is 0 Å². The van der Waals surface area contributed by atoms with Gasteiger partial charge in [0.05, 0.1) is 22.7 Å². The lowest BCUT2D eigenvalue weighted by Gasteiger charge is -2.21. The smallest absolute Gasteiger partial charge is 0.0995 e. The Kier molecular flexibility index (Phi) is 4.19. The third-order valence-corrected chi connectivity index (χ3v) is 3.24. The zero-order valence-electron chi connectivity index (χ0n) is 11.2. The van der Waals surface area contributed by atoms with Crippen LogP contribution in [0.25, 0.3) is 5.69 Å². The first-order valence-corrected chi connectivity index (χ1v) is 6.84. The zero-order valence-corrected chi connectivity index (χ0v) is 12.8. The maximum absolute atomic E-state index is 6.22. The Balaban J connectivity index is 2.31. The fourth-order valence-electron chi connectivity index (χ4n) is 1.70. The highest BCUT2D eigenvalue weighted by atomic mass is 35.5. The lowest BCUT2D eigenvalue weighted by Crippen LogP contribution is -2.35. The van der Waals surface area contributed by atoms with Crippen molar-refractivity contribution in [2.75, 3.05) is 0 Å². The average Bonchev–Trinajstić information content (AvgIpc) is 2.77. The fraction of sp³-hybridized carbons (Fsp3) is 0.357. The molecule has 1 aromatic carbocycles. The van der Waals surface area contributed by atoms with Gasteiger partial charge < -0.3 is 9.88 Å². The number of hydrogen-bond donors (Lipinski definition) is 1. The first-order valence-electron chi connectivity index (χ1n) is 6.08. The van der Waals surface area contributed by atoms with Crippen molar-refractivity contribution >= 4 is 23.2 Å². The van der Waals surface area contributed by atoms with Crippen molar-refractivity contribution in [3.8, 4) is 5.69 Å². The van der Waals surface area contributed by atoms with Crippen molar-refractivity contribution in [1.82, 2.24) is 14.9 Å². The monoisotopic (exact) mass is 297 g/mol. The second kappa shape index (κ2) is 5.53. The van der Waals surface area contributed by atoms with E-state index < -0.39 is 0 Å². The number of rotatable bonds is 3. The number of nitrogens with one attached hydrogen (secondary N) is 1. The van der Waals surface area contributed by atoms with Crippen LogP contribution in [-0.2, 0) is 6.54 Å². The van der Waals surface area contributed by atoms with Crippen LogP contribution >= 0.6 is 23.2 Å². The molecule has 102 valence electrons. The van der Waals surface area contributed by atoms with Crippen LogP contribution in [0.1, 0.15) is 26.5 Å². The Labute approximate surface area is 123 Å². The lowest BCUT2D eigenvalue weighted by molar-refractivity contribution is 0.419. The Morgan fingerprint density at radius 2 is 2.00 bits per heavy atom. The summed E-state index contributed by atoms with van der Waals surface area (Å²) in [4.78, 5) is 4.19. The molecule has 0 aliphatic heterocycles. The van der Waals surface area contributed by atoms with Crippen LogP contribution in [0.3, 0.4) is 0 Å². The minimum atomic E-state index is 0.0488. The summed E-state index contributed by atoms with van der Waals surface area (Å²) in [5.74, 6) is 0. The Morgan fingerprint density at radius 1 is 1.26 bits per heavy atom. The predicted molar refractivity (Wildman–Crippen MR) is 80.2 cm³/mol. The number of imidazole rings is 1. The fourth-order valence-corrected chi connectivity index (χ4v) is 2.07. The predicted octanol–water partition coefficient (Wildman–Crippen LogP) is 4.07. The SMILES string of the molecule is CC(C)(C)NCc1cncn1-c1cc(Cl)ccc1Cl. The normalized spacial score (nSPS) is 11.8. The van der Waals surface area contributed by atoms with Gasteiger partial charge in [0.1, 0.15) is 0 Å². The van der Waals surface area contributed by atoms with E-state index in [1.807, 2.05) is 16.8 Å². The Morgan fingerprint density at radius 3 is 2.68 bits per heavy atom. The molecule has 2 aromatic rings. The van der Waals surface area contributed by atoms with Crippen molar-refractivity contribution in [2.24, 2.45) is 0 Å². The van der Waals surface area contributed by atoms with Crippen molar-refractivity contribution < 1.29 is 0 Å². The molecule has 0 saturated carbocycles. The first kappa shape index (κ1) is 14.4. The Hall–Kier alpha value is -1.03. The van der Waals surface area contributed by atoms with E-state index in [1.54, 1.807) is 18.5 Å². The molecule has 19 heavy (non-hydrogen) atoms. The topological polar surface area (TPSA) is 29.9 Å². The molecule has 0 aliphatic carbocycles. The summed E-state index contributed by atoms with van der Waals surface area (Å²) < 4.78 is 1.95. The van der Waals surface area contributed by atoms with E-state index in [0.717, 1.165) is 11.4 Å². The van der Waals surface area contributed by atoms with Crippen molar-refractivity contribution in [1.29, 1.82) is 0 Å². The molecule has 0 aliphatic rings. The molecular formula is C14H17Cl2N3. The summed E-state index contributed by atoms with van der Waals surface area (Å²) in [6.45, 7) is 7.09. The van der Waals surface area contributed by atoms with Gasteiger partial charge in [-0.05, 0) is 39.0 Å². The van der Waals surface area contributed by atoms with Gasteiger partial charge in [-0.25, -0.2) is 4.98 Å². The second-order valence-electron chi connectivity index (χ2n) is 5.45. The molecule has 0 amide bonds. The maximum Gasteiger partial charge on any atom is 0.0995 e. The van der Waals surface area contributed by atoms with Crippen LogP contribution in [0, 0.1) is 0 Å². The van der Waals surface area contributed by atoms with Gasteiger partial charge in [-0.2, -0.15) is 0 Å². The molecular weight excluding hydrogens is 281 g/mol. The molecule has 0 unspecified atom stereocenters. The third kappa shape index (κ3) is 3.72. The summed E-state index contributed by atoms with van der Waals surface area (Å²) in [7, 11) is 0. The molecule has 5 heteroatoms.